The van der Waals surface area contributed by atoms with Crippen molar-refractivity contribution in [2.24, 2.45) is 5.92 Å². The molecule has 2 heterocycles. The Kier molecular flexibility index (Phi) is 6.76. The second kappa shape index (κ2) is 9.18. The second-order valence-corrected chi connectivity index (χ2v) is 10.0. The van der Waals surface area contributed by atoms with Crippen LogP contribution < -0.4 is 19.1 Å². The quantitative estimate of drug-likeness (QED) is 0.642. The van der Waals surface area contributed by atoms with Crippen LogP contribution in [0.1, 0.15) is 32.8 Å². The minimum Gasteiger partial charge on any atom is -0.494 e. The van der Waals surface area contributed by atoms with Crippen molar-refractivity contribution in [1.29, 1.82) is 5.26 Å². The molecule has 32 heavy (non-hydrogen) atoms. The Hall–Kier alpha value is -3.10. The molecular formula is C21H27N5O5S. The molecule has 0 aliphatic carbocycles. The second-order valence-electron chi connectivity index (χ2n) is 8.55. The molecule has 1 aliphatic rings. The summed E-state index contributed by atoms with van der Waals surface area (Å²) < 4.78 is 38.5. The molecular weight excluding hydrogens is 434 g/mol. The summed E-state index contributed by atoms with van der Waals surface area (Å²) in [4.78, 5) is 18.1. The van der Waals surface area contributed by atoms with Crippen LogP contribution in [-0.2, 0) is 14.9 Å². The standard InChI is InChI=1S/C21H27N5O5S/c1-21(2,3)31-20(27)25-32(28,29)24-9-8-14-12-26(13-14)19-15(10-22)11-23-18-16(19)6-5-7-17(18)30-4/h5-7,11,14,24H,8-9,12-13H2,1-4H3,(H,25,27). The number of nitrogens with one attached hydrogen (secondary N) is 2. The smallest absolute Gasteiger partial charge is 0.422 e. The minimum absolute atomic E-state index is 0.173. The lowest BCUT2D eigenvalue weighted by Crippen LogP contribution is -2.49. The van der Waals surface area contributed by atoms with Gasteiger partial charge >= 0.3 is 16.3 Å². The van der Waals surface area contributed by atoms with E-state index in [0.29, 0.717) is 36.3 Å². The average Bonchev–Trinajstić information content (AvgIpc) is 2.66. The average molecular weight is 462 g/mol. The first-order chi connectivity index (χ1) is 15.0. The summed E-state index contributed by atoms with van der Waals surface area (Å²) in [6.07, 6.45) is 1.10. The number of benzene rings is 1. The first kappa shape index (κ1) is 23.6. The molecule has 0 bridgehead atoms. The fourth-order valence-electron chi connectivity index (χ4n) is 3.55. The van der Waals surface area contributed by atoms with E-state index in [1.165, 1.54) is 0 Å². The molecule has 0 spiro atoms. The van der Waals surface area contributed by atoms with Crippen LogP contribution in [0.15, 0.2) is 24.4 Å². The van der Waals surface area contributed by atoms with E-state index in [2.05, 4.69) is 20.7 Å². The number of hydrogen-bond acceptors (Lipinski definition) is 8. The summed E-state index contributed by atoms with van der Waals surface area (Å²) in [5, 5.41) is 10.4. The summed E-state index contributed by atoms with van der Waals surface area (Å²) in [6.45, 7) is 6.46. The maximum absolute atomic E-state index is 12.0. The van der Waals surface area contributed by atoms with Gasteiger partial charge in [0.15, 0.2) is 0 Å². The zero-order valence-corrected chi connectivity index (χ0v) is 19.3. The Morgan fingerprint density at radius 3 is 2.69 bits per heavy atom. The van der Waals surface area contributed by atoms with Crippen molar-refractivity contribution in [2.75, 3.05) is 31.6 Å². The molecule has 1 amide bonds. The van der Waals surface area contributed by atoms with E-state index in [1.807, 2.05) is 22.9 Å². The Morgan fingerprint density at radius 2 is 2.06 bits per heavy atom. The van der Waals surface area contributed by atoms with Crippen LogP contribution in [0.2, 0.25) is 0 Å². The number of nitriles is 1. The van der Waals surface area contributed by atoms with E-state index in [0.717, 1.165) is 11.1 Å². The lowest BCUT2D eigenvalue weighted by atomic mass is 9.94. The van der Waals surface area contributed by atoms with Gasteiger partial charge in [0.05, 0.1) is 18.4 Å². The number of hydrogen-bond donors (Lipinski definition) is 2. The largest absolute Gasteiger partial charge is 0.494 e. The molecule has 1 aromatic carbocycles. The van der Waals surface area contributed by atoms with Crippen molar-refractivity contribution in [1.82, 2.24) is 14.4 Å². The number of anilines is 1. The van der Waals surface area contributed by atoms with E-state index in [9.17, 15) is 18.5 Å². The van der Waals surface area contributed by atoms with Crippen LogP contribution in [0.3, 0.4) is 0 Å². The highest BCUT2D eigenvalue weighted by Gasteiger charge is 2.30. The Balaban J connectivity index is 1.58. The highest BCUT2D eigenvalue weighted by Crippen LogP contribution is 2.37. The molecule has 1 saturated heterocycles. The van der Waals surface area contributed by atoms with Gasteiger partial charge in [-0.05, 0) is 39.2 Å². The molecule has 0 radical (unpaired) electrons. The van der Waals surface area contributed by atoms with Crippen molar-refractivity contribution in [3.05, 3.63) is 30.0 Å². The van der Waals surface area contributed by atoms with E-state index in [4.69, 9.17) is 9.47 Å². The summed E-state index contributed by atoms with van der Waals surface area (Å²) in [6, 6.07) is 7.78. The number of para-hydroxylation sites is 1. The van der Waals surface area contributed by atoms with Crippen molar-refractivity contribution < 1.29 is 22.7 Å². The summed E-state index contributed by atoms with van der Waals surface area (Å²) in [5.41, 5.74) is 1.18. The molecule has 0 atom stereocenters. The van der Waals surface area contributed by atoms with Gasteiger partial charge in [-0.2, -0.15) is 18.4 Å². The third-order valence-corrected chi connectivity index (χ3v) is 5.93. The van der Waals surface area contributed by atoms with E-state index < -0.39 is 21.9 Å². The number of rotatable bonds is 7. The van der Waals surface area contributed by atoms with E-state index in [-0.39, 0.29) is 12.5 Å². The van der Waals surface area contributed by atoms with Crippen LogP contribution in [-0.4, -0.2) is 51.8 Å². The predicted octanol–water partition coefficient (Wildman–Crippen LogP) is 2.30. The number of pyridine rings is 1. The third kappa shape index (κ3) is 5.57. The Morgan fingerprint density at radius 1 is 1.34 bits per heavy atom. The van der Waals surface area contributed by atoms with E-state index in [1.54, 1.807) is 34.1 Å². The van der Waals surface area contributed by atoms with Gasteiger partial charge in [-0.1, -0.05) is 12.1 Å². The molecule has 1 aliphatic heterocycles. The third-order valence-electron chi connectivity index (χ3n) is 4.91. The van der Waals surface area contributed by atoms with Crippen LogP contribution in [0.25, 0.3) is 10.9 Å². The number of nitrogens with zero attached hydrogens (tertiary/aromatic N) is 3. The van der Waals surface area contributed by atoms with Gasteiger partial charge in [0, 0.05) is 31.2 Å². The fraction of sp³-hybridized carbons (Fsp3) is 0.476. The van der Waals surface area contributed by atoms with Crippen LogP contribution in [0.5, 0.6) is 5.75 Å². The number of fused-ring (bicyclic) bond motifs is 1. The van der Waals surface area contributed by atoms with Gasteiger partial charge in [0.2, 0.25) is 0 Å². The van der Waals surface area contributed by atoms with Gasteiger partial charge in [0.25, 0.3) is 0 Å². The summed E-state index contributed by atoms with van der Waals surface area (Å²) >= 11 is 0. The van der Waals surface area contributed by atoms with Crippen LogP contribution in [0.4, 0.5) is 10.5 Å². The molecule has 2 N–H and O–H groups in total. The summed E-state index contributed by atoms with van der Waals surface area (Å²) in [7, 11) is -2.42. The van der Waals surface area contributed by atoms with Gasteiger partial charge in [-0.15, -0.1) is 0 Å². The van der Waals surface area contributed by atoms with E-state index >= 15 is 0 Å². The molecule has 2 aromatic rings. The molecule has 1 aromatic heterocycles. The molecule has 0 saturated carbocycles. The SMILES string of the molecule is COc1cccc2c(N3CC(CCNS(=O)(=O)NC(=O)OC(C)(C)C)C3)c(C#N)cnc12. The Labute approximate surface area is 187 Å². The first-order valence-corrected chi connectivity index (χ1v) is 11.6. The number of aromatic nitrogens is 1. The number of carbonyl (C=O) groups excluding carboxylic acids is 1. The minimum atomic E-state index is -4.00. The number of ether oxygens (including phenoxy) is 2. The molecule has 10 nitrogen and oxygen atoms in total. The highest BCUT2D eigenvalue weighted by atomic mass is 32.2. The zero-order chi connectivity index (χ0) is 23.5. The van der Waals surface area contributed by atoms with Crippen LogP contribution >= 0.6 is 0 Å². The maximum Gasteiger partial charge on any atom is 0.422 e. The molecule has 172 valence electrons. The van der Waals surface area contributed by atoms with Crippen LogP contribution in [0, 0.1) is 17.2 Å². The normalized spacial score (nSPS) is 14.5. The predicted molar refractivity (Wildman–Crippen MR) is 120 cm³/mol. The molecule has 0 unspecified atom stereocenters. The van der Waals surface area contributed by atoms with Gasteiger partial charge < -0.3 is 14.4 Å². The van der Waals surface area contributed by atoms with Crippen molar-refractivity contribution in [3.8, 4) is 11.8 Å². The van der Waals surface area contributed by atoms with Crippen molar-refractivity contribution in [3.63, 3.8) is 0 Å². The molecule has 11 heteroatoms. The van der Waals surface area contributed by atoms with Crippen molar-refractivity contribution >= 4 is 32.9 Å². The monoisotopic (exact) mass is 461 g/mol. The van der Waals surface area contributed by atoms with Gasteiger partial charge in [-0.3, -0.25) is 4.98 Å². The number of carbonyl (C=O) groups is 1. The fourth-order valence-corrected chi connectivity index (χ4v) is 4.27. The maximum atomic E-state index is 12.0. The first-order valence-electron chi connectivity index (χ1n) is 10.1. The topological polar surface area (TPSA) is 134 Å². The van der Waals surface area contributed by atoms with Crippen molar-refractivity contribution in [2.45, 2.75) is 32.8 Å². The van der Waals surface area contributed by atoms with Gasteiger partial charge in [0.1, 0.15) is 22.9 Å². The molecule has 1 fully saturated rings. The molecule has 3 rings (SSSR count). The summed E-state index contributed by atoms with van der Waals surface area (Å²) in [5.74, 6) is 0.872. The zero-order valence-electron chi connectivity index (χ0n) is 18.5. The number of methoxy groups -OCH3 is 1. The number of amides is 1. The lowest BCUT2D eigenvalue weighted by Gasteiger charge is -2.42. The highest BCUT2D eigenvalue weighted by molar-refractivity contribution is 7.88. The van der Waals surface area contributed by atoms with Gasteiger partial charge in [-0.25, -0.2) is 9.52 Å². The Bertz CT molecular complexity index is 1150. The lowest BCUT2D eigenvalue weighted by molar-refractivity contribution is 0.0569.